The maximum atomic E-state index is 5.14. The van der Waals surface area contributed by atoms with Crippen molar-refractivity contribution in [2.24, 2.45) is 0 Å². The highest BCUT2D eigenvalue weighted by Crippen LogP contribution is 2.45. The third kappa shape index (κ3) is 5.65. The molecule has 0 amide bonds. The second kappa shape index (κ2) is 13.2. The van der Waals surface area contributed by atoms with Gasteiger partial charge in [0.2, 0.25) is 0 Å². The Hall–Kier alpha value is -6.49. The van der Waals surface area contributed by atoms with Crippen LogP contribution in [-0.2, 0) is 6.42 Å². The molecule has 0 N–H and O–H groups in total. The summed E-state index contributed by atoms with van der Waals surface area (Å²) in [5.74, 6) is 1.94. The van der Waals surface area contributed by atoms with E-state index in [1.165, 1.54) is 48.0 Å². The molecule has 1 aliphatic carbocycles. The molecule has 3 nitrogen and oxygen atoms in total. The molecule has 10 rings (SSSR count). The Morgan fingerprint density at radius 3 is 1.81 bits per heavy atom. The molecular formula is C49H33N3S. The van der Waals surface area contributed by atoms with Gasteiger partial charge in [-0.3, -0.25) is 0 Å². The monoisotopic (exact) mass is 695 g/mol. The van der Waals surface area contributed by atoms with Crippen LogP contribution in [0.25, 0.3) is 94.5 Å². The minimum absolute atomic E-state index is 0.642. The van der Waals surface area contributed by atoms with Gasteiger partial charge in [-0.15, -0.1) is 11.3 Å². The van der Waals surface area contributed by atoms with Gasteiger partial charge in [0, 0.05) is 37.2 Å². The van der Waals surface area contributed by atoms with Crippen LogP contribution in [-0.4, -0.2) is 15.0 Å². The molecule has 4 heteroatoms. The Bertz CT molecular complexity index is 2820. The number of hydrogen-bond acceptors (Lipinski definition) is 4. The number of fused-ring (bicyclic) bond motifs is 4. The minimum Gasteiger partial charge on any atom is -0.208 e. The average Bonchev–Trinajstić information content (AvgIpc) is 3.63. The smallest absolute Gasteiger partial charge is 0.164 e. The largest absolute Gasteiger partial charge is 0.208 e. The quantitative estimate of drug-likeness (QED) is 0.174. The van der Waals surface area contributed by atoms with Gasteiger partial charge in [-0.05, 0) is 57.0 Å². The summed E-state index contributed by atoms with van der Waals surface area (Å²) in [5.41, 5.74) is 11.4. The van der Waals surface area contributed by atoms with Gasteiger partial charge in [-0.1, -0.05) is 176 Å². The van der Waals surface area contributed by atoms with Gasteiger partial charge in [-0.25, -0.2) is 15.0 Å². The predicted molar refractivity (Wildman–Crippen MR) is 223 cm³/mol. The van der Waals surface area contributed by atoms with Gasteiger partial charge in [0.25, 0.3) is 0 Å². The Labute approximate surface area is 312 Å². The summed E-state index contributed by atoms with van der Waals surface area (Å²) in [6.07, 6.45) is 6.85. The van der Waals surface area contributed by atoms with Gasteiger partial charge >= 0.3 is 0 Å². The summed E-state index contributed by atoms with van der Waals surface area (Å²) in [6, 6.07) is 57.8. The van der Waals surface area contributed by atoms with Crippen LogP contribution in [0.15, 0.2) is 170 Å². The van der Waals surface area contributed by atoms with Gasteiger partial charge in [0.05, 0.1) is 0 Å². The Balaban J connectivity index is 1.13. The molecule has 0 saturated heterocycles. The maximum Gasteiger partial charge on any atom is 0.164 e. The Kier molecular flexibility index (Phi) is 7.81. The van der Waals surface area contributed by atoms with Gasteiger partial charge in [-0.2, -0.15) is 0 Å². The Morgan fingerprint density at radius 2 is 1.02 bits per heavy atom. The van der Waals surface area contributed by atoms with Crippen molar-refractivity contribution in [2.75, 3.05) is 0 Å². The molecule has 0 radical (unpaired) electrons. The molecule has 53 heavy (non-hydrogen) atoms. The van der Waals surface area contributed by atoms with Crippen LogP contribution >= 0.6 is 11.3 Å². The lowest BCUT2D eigenvalue weighted by Crippen LogP contribution is -2.01. The van der Waals surface area contributed by atoms with Gasteiger partial charge in [0.1, 0.15) is 0 Å². The molecule has 9 aromatic rings. The fraction of sp³-hybridized carbons (Fsp3) is 0.0408. The van der Waals surface area contributed by atoms with Crippen LogP contribution in [0.2, 0.25) is 0 Å². The van der Waals surface area contributed by atoms with Crippen molar-refractivity contribution in [1.82, 2.24) is 15.0 Å². The van der Waals surface area contributed by atoms with E-state index in [2.05, 4.69) is 146 Å². The average molecular weight is 696 g/mol. The Morgan fingerprint density at radius 1 is 0.415 bits per heavy atom. The van der Waals surface area contributed by atoms with Crippen molar-refractivity contribution in [2.45, 2.75) is 12.8 Å². The zero-order chi connectivity index (χ0) is 35.1. The maximum absolute atomic E-state index is 5.14. The fourth-order valence-electron chi connectivity index (χ4n) is 7.67. The highest BCUT2D eigenvalue weighted by Gasteiger charge is 2.20. The molecule has 2 aromatic heterocycles. The molecule has 0 unspecified atom stereocenters. The first-order valence-corrected chi connectivity index (χ1v) is 18.9. The van der Waals surface area contributed by atoms with Crippen molar-refractivity contribution in [3.8, 4) is 67.5 Å². The number of thiophene rings is 1. The highest BCUT2D eigenvalue weighted by atomic mass is 32.1. The summed E-state index contributed by atoms with van der Waals surface area (Å²) in [7, 11) is 0. The first kappa shape index (κ1) is 31.3. The first-order valence-electron chi connectivity index (χ1n) is 18.1. The third-order valence-electron chi connectivity index (χ3n) is 10.2. The van der Waals surface area contributed by atoms with Crippen LogP contribution in [0.3, 0.4) is 0 Å². The number of benzene rings is 7. The lowest BCUT2D eigenvalue weighted by atomic mass is 9.88. The SMILES string of the molecule is C1=Cc2c(sc3c(-c4ccc5ccccc5c4-c4ccc(-c5nc(-c6ccccc6)nc(-c6ccccc6-c6ccccc6)n5)cc4)cccc23)CC1. The van der Waals surface area contributed by atoms with E-state index in [1.807, 2.05) is 41.7 Å². The highest BCUT2D eigenvalue weighted by molar-refractivity contribution is 7.20. The van der Waals surface area contributed by atoms with Crippen molar-refractivity contribution in [3.05, 3.63) is 180 Å². The topological polar surface area (TPSA) is 38.7 Å². The number of hydrogen-bond donors (Lipinski definition) is 0. The van der Waals surface area contributed by atoms with E-state index >= 15 is 0 Å². The number of allylic oxidation sites excluding steroid dienone is 1. The predicted octanol–water partition coefficient (Wildman–Crippen LogP) is 13.2. The van der Waals surface area contributed by atoms with Gasteiger partial charge < -0.3 is 0 Å². The van der Waals surface area contributed by atoms with Gasteiger partial charge in [0.15, 0.2) is 17.5 Å². The third-order valence-corrected chi connectivity index (χ3v) is 11.5. The van der Waals surface area contributed by atoms with Crippen LogP contribution in [0.5, 0.6) is 0 Å². The van der Waals surface area contributed by atoms with Crippen molar-refractivity contribution in [1.29, 1.82) is 0 Å². The molecule has 0 spiro atoms. The van der Waals surface area contributed by atoms with Crippen molar-refractivity contribution in [3.63, 3.8) is 0 Å². The standard InChI is InChI=1S/C49H33N3S/c1-3-14-32(15-4-1)37-19-9-10-22-43(37)49-51-47(35-17-5-2-6-18-35)50-48(52-49)36-28-26-34(27-29-36)45-38-20-8-7-16-33(38)30-31-40(45)42-24-13-23-41-39-21-11-12-25-44(39)53-46(41)42/h1-11,13-24,26-31H,12,25H2. The number of nitrogens with zero attached hydrogens (tertiary/aromatic N) is 3. The number of aryl methyl sites for hydroxylation is 1. The van der Waals surface area contributed by atoms with E-state index in [1.54, 1.807) is 0 Å². The second-order valence-corrected chi connectivity index (χ2v) is 14.5. The van der Waals surface area contributed by atoms with E-state index in [9.17, 15) is 0 Å². The van der Waals surface area contributed by atoms with Crippen LogP contribution in [0, 0.1) is 0 Å². The molecule has 0 fully saturated rings. The lowest BCUT2D eigenvalue weighted by Gasteiger charge is -2.16. The molecule has 0 bridgehead atoms. The fourth-order valence-corrected chi connectivity index (χ4v) is 9.00. The molecular weight excluding hydrogens is 663 g/mol. The normalized spacial score (nSPS) is 12.3. The zero-order valence-corrected chi connectivity index (χ0v) is 29.7. The van der Waals surface area contributed by atoms with Crippen molar-refractivity contribution >= 4 is 38.3 Å². The molecule has 0 atom stereocenters. The minimum atomic E-state index is 0.642. The van der Waals surface area contributed by atoms with E-state index in [0.717, 1.165) is 46.2 Å². The van der Waals surface area contributed by atoms with E-state index in [-0.39, 0.29) is 0 Å². The van der Waals surface area contributed by atoms with E-state index in [4.69, 9.17) is 15.0 Å². The first-order chi connectivity index (χ1) is 26.3. The summed E-state index contributed by atoms with van der Waals surface area (Å²) in [5, 5.41) is 3.81. The van der Waals surface area contributed by atoms with Crippen LogP contribution in [0.4, 0.5) is 0 Å². The summed E-state index contributed by atoms with van der Waals surface area (Å²) in [6.45, 7) is 0. The molecule has 0 saturated carbocycles. The summed E-state index contributed by atoms with van der Waals surface area (Å²) < 4.78 is 1.36. The number of aromatic nitrogens is 3. The molecule has 7 aromatic carbocycles. The van der Waals surface area contributed by atoms with Crippen LogP contribution < -0.4 is 0 Å². The second-order valence-electron chi connectivity index (χ2n) is 13.4. The summed E-state index contributed by atoms with van der Waals surface area (Å²) in [4.78, 5) is 16.7. The van der Waals surface area contributed by atoms with Crippen LogP contribution in [0.1, 0.15) is 16.9 Å². The molecule has 2 heterocycles. The van der Waals surface area contributed by atoms with E-state index < -0.39 is 0 Å². The zero-order valence-electron chi connectivity index (χ0n) is 28.9. The van der Waals surface area contributed by atoms with Crippen molar-refractivity contribution < 1.29 is 0 Å². The molecule has 0 aliphatic heterocycles. The number of rotatable bonds is 6. The molecule has 1 aliphatic rings. The van der Waals surface area contributed by atoms with E-state index in [0.29, 0.717) is 17.5 Å². The summed E-state index contributed by atoms with van der Waals surface area (Å²) >= 11 is 1.95. The molecule has 250 valence electrons. The lowest BCUT2D eigenvalue weighted by molar-refractivity contribution is 1.02.